The van der Waals surface area contributed by atoms with Crippen LogP contribution in [-0.4, -0.2) is 0 Å². The van der Waals surface area contributed by atoms with Gasteiger partial charge in [0.15, 0.2) is 0 Å². The first kappa shape index (κ1) is 25.6. The number of benzene rings is 8. The summed E-state index contributed by atoms with van der Waals surface area (Å²) in [6, 6.07) is 60.8. The highest BCUT2D eigenvalue weighted by atomic mass is 16.3. The molecule has 1 heterocycles. The van der Waals surface area contributed by atoms with Crippen molar-refractivity contribution in [3.63, 3.8) is 0 Å². The van der Waals surface area contributed by atoms with Gasteiger partial charge in [-0.15, -0.1) is 0 Å². The molecule has 210 valence electrons. The SMILES string of the molecule is c1ccc(-c2ccccc2-c2c3ccccc3c(-c3ccc(-c4ccccc4)c4oc5ccccc5c34)c3ccccc23)cc1. The Morgan fingerprint density at radius 3 is 1.31 bits per heavy atom. The molecule has 0 saturated carbocycles. The first-order chi connectivity index (χ1) is 22.4. The van der Waals surface area contributed by atoms with Gasteiger partial charge < -0.3 is 4.42 Å². The van der Waals surface area contributed by atoms with Gasteiger partial charge in [0.05, 0.1) is 0 Å². The number of furan rings is 1. The van der Waals surface area contributed by atoms with E-state index in [4.69, 9.17) is 4.42 Å². The van der Waals surface area contributed by atoms with E-state index in [1.54, 1.807) is 0 Å². The summed E-state index contributed by atoms with van der Waals surface area (Å²) in [5.41, 5.74) is 11.4. The summed E-state index contributed by atoms with van der Waals surface area (Å²) in [6.45, 7) is 0. The Labute approximate surface area is 261 Å². The number of hydrogen-bond donors (Lipinski definition) is 0. The normalized spacial score (nSPS) is 11.6. The van der Waals surface area contributed by atoms with Crippen LogP contribution in [-0.2, 0) is 0 Å². The molecule has 45 heavy (non-hydrogen) atoms. The van der Waals surface area contributed by atoms with Crippen molar-refractivity contribution in [1.82, 2.24) is 0 Å². The van der Waals surface area contributed by atoms with Gasteiger partial charge in [-0.1, -0.05) is 158 Å². The highest BCUT2D eigenvalue weighted by Gasteiger charge is 2.22. The average Bonchev–Trinajstić information content (AvgIpc) is 3.51. The molecule has 0 saturated heterocycles. The van der Waals surface area contributed by atoms with Crippen LogP contribution in [0.15, 0.2) is 174 Å². The van der Waals surface area contributed by atoms with Crippen molar-refractivity contribution in [3.8, 4) is 44.5 Å². The second-order valence-corrected chi connectivity index (χ2v) is 11.6. The number of fused-ring (bicyclic) bond motifs is 5. The van der Waals surface area contributed by atoms with Crippen LogP contribution in [0, 0.1) is 0 Å². The van der Waals surface area contributed by atoms with Crippen molar-refractivity contribution in [2.45, 2.75) is 0 Å². The van der Waals surface area contributed by atoms with E-state index in [2.05, 4.69) is 170 Å². The molecule has 0 radical (unpaired) electrons. The first-order valence-corrected chi connectivity index (χ1v) is 15.4. The predicted octanol–water partition coefficient (Wildman–Crippen LogP) is 12.6. The van der Waals surface area contributed by atoms with Gasteiger partial charge in [-0.05, 0) is 72.6 Å². The standard InChI is InChI=1S/C44H28O/c1-3-15-29(16-4-1)31-19-7-8-20-33(31)41-34-21-9-11-23-36(34)42(37-24-12-10-22-35(37)41)39-28-27-32(30-17-5-2-6-18-30)44-43(39)38-25-13-14-26-40(38)45-44/h1-28H. The third-order valence-electron chi connectivity index (χ3n) is 9.09. The summed E-state index contributed by atoms with van der Waals surface area (Å²) in [7, 11) is 0. The molecule has 0 amide bonds. The third-order valence-corrected chi connectivity index (χ3v) is 9.09. The lowest BCUT2D eigenvalue weighted by Crippen LogP contribution is -1.93. The van der Waals surface area contributed by atoms with Crippen LogP contribution >= 0.6 is 0 Å². The molecule has 1 aromatic heterocycles. The fourth-order valence-electron chi connectivity index (χ4n) is 7.16. The van der Waals surface area contributed by atoms with Gasteiger partial charge in [0.25, 0.3) is 0 Å². The van der Waals surface area contributed by atoms with Gasteiger partial charge in [-0.25, -0.2) is 0 Å². The van der Waals surface area contributed by atoms with E-state index in [1.807, 2.05) is 0 Å². The molecule has 8 aromatic carbocycles. The monoisotopic (exact) mass is 572 g/mol. The van der Waals surface area contributed by atoms with Gasteiger partial charge in [0, 0.05) is 16.3 Å². The Morgan fingerprint density at radius 1 is 0.289 bits per heavy atom. The number of para-hydroxylation sites is 1. The summed E-state index contributed by atoms with van der Waals surface area (Å²) in [5.74, 6) is 0. The Bertz CT molecular complexity index is 2460. The minimum absolute atomic E-state index is 0.902. The van der Waals surface area contributed by atoms with Crippen molar-refractivity contribution in [1.29, 1.82) is 0 Å². The highest BCUT2D eigenvalue weighted by molar-refractivity contribution is 6.27. The van der Waals surface area contributed by atoms with Crippen molar-refractivity contribution >= 4 is 43.5 Å². The van der Waals surface area contributed by atoms with Crippen LogP contribution in [0.3, 0.4) is 0 Å². The molecule has 0 N–H and O–H groups in total. The molecule has 0 atom stereocenters. The van der Waals surface area contributed by atoms with Gasteiger partial charge in [-0.3, -0.25) is 0 Å². The Morgan fingerprint density at radius 2 is 0.711 bits per heavy atom. The molecule has 0 unspecified atom stereocenters. The van der Waals surface area contributed by atoms with E-state index in [0.717, 1.165) is 33.1 Å². The lowest BCUT2D eigenvalue weighted by atomic mass is 9.83. The zero-order valence-corrected chi connectivity index (χ0v) is 24.6. The molecule has 9 aromatic rings. The van der Waals surface area contributed by atoms with Crippen LogP contribution in [0.2, 0.25) is 0 Å². The maximum Gasteiger partial charge on any atom is 0.143 e. The molecule has 0 aliphatic rings. The fourth-order valence-corrected chi connectivity index (χ4v) is 7.16. The largest absolute Gasteiger partial charge is 0.455 e. The summed E-state index contributed by atoms with van der Waals surface area (Å²) in [4.78, 5) is 0. The number of hydrogen-bond acceptors (Lipinski definition) is 1. The summed E-state index contributed by atoms with van der Waals surface area (Å²) >= 11 is 0. The minimum atomic E-state index is 0.902. The summed E-state index contributed by atoms with van der Waals surface area (Å²) < 4.78 is 6.68. The molecule has 9 rings (SSSR count). The van der Waals surface area contributed by atoms with Crippen LogP contribution in [0.1, 0.15) is 0 Å². The van der Waals surface area contributed by atoms with E-state index < -0.39 is 0 Å². The molecule has 0 fully saturated rings. The molecule has 0 spiro atoms. The van der Waals surface area contributed by atoms with E-state index in [9.17, 15) is 0 Å². The number of rotatable bonds is 4. The van der Waals surface area contributed by atoms with Gasteiger partial charge in [-0.2, -0.15) is 0 Å². The molecule has 1 heteroatoms. The Balaban J connectivity index is 1.43. The van der Waals surface area contributed by atoms with Crippen LogP contribution in [0.4, 0.5) is 0 Å². The van der Waals surface area contributed by atoms with Crippen molar-refractivity contribution in [2.24, 2.45) is 0 Å². The zero-order valence-electron chi connectivity index (χ0n) is 24.6. The second kappa shape index (κ2) is 10.4. The molecular weight excluding hydrogens is 544 g/mol. The molecular formula is C44H28O. The van der Waals surface area contributed by atoms with Crippen LogP contribution in [0.5, 0.6) is 0 Å². The quantitative estimate of drug-likeness (QED) is 0.191. The fraction of sp³-hybridized carbons (Fsp3) is 0. The smallest absolute Gasteiger partial charge is 0.143 e. The van der Waals surface area contributed by atoms with E-state index >= 15 is 0 Å². The van der Waals surface area contributed by atoms with Gasteiger partial charge in [0.1, 0.15) is 11.2 Å². The molecule has 0 aliphatic carbocycles. The zero-order chi connectivity index (χ0) is 29.7. The second-order valence-electron chi connectivity index (χ2n) is 11.6. The van der Waals surface area contributed by atoms with Gasteiger partial charge >= 0.3 is 0 Å². The van der Waals surface area contributed by atoms with Gasteiger partial charge in [0.2, 0.25) is 0 Å². The van der Waals surface area contributed by atoms with E-state index in [1.165, 1.54) is 54.9 Å². The van der Waals surface area contributed by atoms with E-state index in [-0.39, 0.29) is 0 Å². The topological polar surface area (TPSA) is 13.1 Å². The lowest BCUT2D eigenvalue weighted by molar-refractivity contribution is 0.670. The van der Waals surface area contributed by atoms with Crippen molar-refractivity contribution < 1.29 is 4.42 Å². The Hall–Kier alpha value is -5.92. The summed E-state index contributed by atoms with van der Waals surface area (Å²) in [6.07, 6.45) is 0. The highest BCUT2D eigenvalue weighted by Crippen LogP contribution is 2.49. The van der Waals surface area contributed by atoms with Crippen molar-refractivity contribution in [3.05, 3.63) is 170 Å². The Kier molecular flexibility index (Phi) is 5.89. The summed E-state index contributed by atoms with van der Waals surface area (Å²) in [5, 5.41) is 7.22. The van der Waals surface area contributed by atoms with Crippen LogP contribution in [0.25, 0.3) is 88.0 Å². The predicted molar refractivity (Wildman–Crippen MR) is 190 cm³/mol. The van der Waals surface area contributed by atoms with E-state index in [0.29, 0.717) is 0 Å². The third kappa shape index (κ3) is 4.02. The van der Waals surface area contributed by atoms with Crippen molar-refractivity contribution in [2.75, 3.05) is 0 Å². The molecule has 0 aliphatic heterocycles. The molecule has 1 nitrogen and oxygen atoms in total. The maximum absolute atomic E-state index is 6.68. The first-order valence-electron chi connectivity index (χ1n) is 15.4. The maximum atomic E-state index is 6.68. The molecule has 0 bridgehead atoms. The minimum Gasteiger partial charge on any atom is -0.455 e. The lowest BCUT2D eigenvalue weighted by Gasteiger charge is -2.20. The average molecular weight is 573 g/mol. The van der Waals surface area contributed by atoms with Crippen LogP contribution < -0.4 is 0 Å².